The van der Waals surface area contributed by atoms with Gasteiger partial charge in [-0.25, -0.2) is 9.97 Å². The van der Waals surface area contributed by atoms with Gasteiger partial charge in [0.25, 0.3) is 0 Å². The molecule has 2 N–H and O–H groups in total. The van der Waals surface area contributed by atoms with Crippen molar-refractivity contribution in [3.63, 3.8) is 0 Å². The molecule has 4 aromatic rings. The van der Waals surface area contributed by atoms with Crippen LogP contribution in [0.2, 0.25) is 0 Å². The summed E-state index contributed by atoms with van der Waals surface area (Å²) < 4.78 is 2.07. The zero-order valence-electron chi connectivity index (χ0n) is 14.7. The molecule has 26 heavy (non-hydrogen) atoms. The number of rotatable bonds is 4. The number of para-hydroxylation sites is 1. The van der Waals surface area contributed by atoms with Crippen LogP contribution in [-0.2, 0) is 0 Å². The minimum Gasteiger partial charge on any atom is -0.508 e. The molecule has 0 aliphatic rings. The van der Waals surface area contributed by atoms with E-state index >= 15 is 0 Å². The number of aryl methyl sites for hydroxylation is 1. The molecule has 2 aromatic heterocycles. The third kappa shape index (κ3) is 2.67. The second kappa shape index (κ2) is 6.52. The number of H-pyrrole nitrogens is 1. The predicted molar refractivity (Wildman–Crippen MR) is 102 cm³/mol. The first-order chi connectivity index (χ1) is 12.7. The second-order valence-corrected chi connectivity index (χ2v) is 6.33. The molecule has 4 rings (SSSR count). The van der Waals surface area contributed by atoms with Crippen molar-refractivity contribution < 1.29 is 5.11 Å². The van der Waals surface area contributed by atoms with Crippen LogP contribution in [0.1, 0.15) is 24.2 Å². The first-order valence-corrected chi connectivity index (χ1v) is 8.57. The summed E-state index contributed by atoms with van der Waals surface area (Å²) in [7, 11) is 0. The van der Waals surface area contributed by atoms with E-state index < -0.39 is 0 Å². The number of aromatic nitrogens is 4. The Morgan fingerprint density at radius 1 is 0.962 bits per heavy atom. The maximum Gasteiger partial charge on any atom is 0.120 e. The van der Waals surface area contributed by atoms with Crippen molar-refractivity contribution >= 4 is 0 Å². The molecule has 0 spiro atoms. The molecule has 0 unspecified atom stereocenters. The van der Waals surface area contributed by atoms with Crippen molar-refractivity contribution in [1.82, 2.24) is 19.5 Å². The van der Waals surface area contributed by atoms with E-state index in [0.29, 0.717) is 0 Å². The maximum atomic E-state index is 10.3. The van der Waals surface area contributed by atoms with E-state index in [1.54, 1.807) is 12.4 Å². The number of nitrogens with zero attached hydrogens (tertiary/aromatic N) is 3. The number of nitrogens with one attached hydrogen (secondary N) is 1. The molecular formula is C21H20N4O. The van der Waals surface area contributed by atoms with E-state index in [1.807, 2.05) is 61.8 Å². The number of aromatic hydroxyl groups is 1. The van der Waals surface area contributed by atoms with E-state index in [-0.39, 0.29) is 11.8 Å². The highest BCUT2D eigenvalue weighted by Gasteiger charge is 2.23. The Bertz CT molecular complexity index is 1030. The Morgan fingerprint density at radius 3 is 2.38 bits per heavy atom. The molecule has 2 heterocycles. The number of phenols is 1. The minimum atomic E-state index is -0.0905. The molecule has 0 saturated carbocycles. The Labute approximate surface area is 152 Å². The third-order valence-electron chi connectivity index (χ3n) is 4.70. The van der Waals surface area contributed by atoms with Crippen LogP contribution in [0, 0.1) is 6.92 Å². The normalized spacial score (nSPS) is 12.2. The summed E-state index contributed by atoms with van der Waals surface area (Å²) in [5.41, 5.74) is 5.54. The fourth-order valence-corrected chi connectivity index (χ4v) is 3.28. The summed E-state index contributed by atoms with van der Waals surface area (Å²) in [5.74, 6) is 0.277. The molecule has 130 valence electrons. The van der Waals surface area contributed by atoms with Crippen molar-refractivity contribution in [1.29, 1.82) is 0 Å². The molecule has 0 radical (unpaired) electrons. The molecule has 0 aliphatic carbocycles. The van der Waals surface area contributed by atoms with Gasteiger partial charge in [-0.1, -0.05) is 48.5 Å². The smallest absolute Gasteiger partial charge is 0.120 e. The predicted octanol–water partition coefficient (Wildman–Crippen LogP) is 4.56. The number of hydrogen-bond donors (Lipinski definition) is 2. The third-order valence-corrected chi connectivity index (χ3v) is 4.70. The zero-order chi connectivity index (χ0) is 18.1. The van der Waals surface area contributed by atoms with Gasteiger partial charge in [-0.05, 0) is 19.9 Å². The van der Waals surface area contributed by atoms with Gasteiger partial charge in [0, 0.05) is 16.8 Å². The lowest BCUT2D eigenvalue weighted by atomic mass is 10.0. The van der Waals surface area contributed by atoms with Crippen LogP contribution in [0.25, 0.3) is 22.6 Å². The van der Waals surface area contributed by atoms with E-state index in [4.69, 9.17) is 0 Å². The lowest BCUT2D eigenvalue weighted by molar-refractivity contribution is 0.457. The van der Waals surface area contributed by atoms with E-state index in [0.717, 1.165) is 33.9 Å². The maximum absolute atomic E-state index is 10.3. The van der Waals surface area contributed by atoms with Crippen molar-refractivity contribution in [2.24, 2.45) is 0 Å². The average Bonchev–Trinajstić information content (AvgIpc) is 3.28. The summed E-state index contributed by atoms with van der Waals surface area (Å²) in [6.45, 7) is 4.05. The molecule has 1 atom stereocenters. The number of benzene rings is 2. The van der Waals surface area contributed by atoms with Gasteiger partial charge in [-0.3, -0.25) is 0 Å². The molecule has 0 fully saturated rings. The van der Waals surface area contributed by atoms with Crippen LogP contribution in [0.5, 0.6) is 5.75 Å². The standard InChI is InChI=1S/C21H20N4O/c1-14-19(23-12-22-14)21-20(16-8-4-3-5-9-16)24-13-25(21)15(2)17-10-6-7-11-18(17)26/h3-13,15,26H,1-2H3,(H,22,23)/t15-/m0/s1. The molecule has 2 aromatic carbocycles. The highest BCUT2D eigenvalue weighted by atomic mass is 16.3. The van der Waals surface area contributed by atoms with Gasteiger partial charge >= 0.3 is 0 Å². The van der Waals surface area contributed by atoms with Gasteiger partial charge in [0.05, 0.1) is 30.1 Å². The molecule has 5 nitrogen and oxygen atoms in total. The Kier molecular flexibility index (Phi) is 4.05. The number of phenolic OH excluding ortho intramolecular Hbond substituents is 1. The van der Waals surface area contributed by atoms with E-state index in [1.165, 1.54) is 0 Å². The SMILES string of the molecule is Cc1[nH]cnc1-c1c(-c2ccccc2)ncn1[C@@H](C)c1ccccc1O. The Balaban J connectivity index is 1.93. The Hall–Kier alpha value is -3.34. The van der Waals surface area contributed by atoms with E-state index in [9.17, 15) is 5.11 Å². The van der Waals surface area contributed by atoms with Crippen molar-refractivity contribution in [2.75, 3.05) is 0 Å². The number of aromatic amines is 1. The lowest BCUT2D eigenvalue weighted by Gasteiger charge is -2.18. The molecule has 5 heteroatoms. The summed E-state index contributed by atoms with van der Waals surface area (Å²) in [6, 6.07) is 17.4. The first kappa shape index (κ1) is 16.1. The average molecular weight is 344 g/mol. The minimum absolute atomic E-state index is 0.0905. The highest BCUT2D eigenvalue weighted by molar-refractivity contribution is 5.78. The zero-order valence-corrected chi connectivity index (χ0v) is 14.7. The Morgan fingerprint density at radius 2 is 1.69 bits per heavy atom. The fourth-order valence-electron chi connectivity index (χ4n) is 3.28. The highest BCUT2D eigenvalue weighted by Crippen LogP contribution is 2.36. The van der Waals surface area contributed by atoms with Crippen LogP contribution >= 0.6 is 0 Å². The van der Waals surface area contributed by atoms with Gasteiger partial charge < -0.3 is 14.7 Å². The molecular weight excluding hydrogens is 324 g/mol. The lowest BCUT2D eigenvalue weighted by Crippen LogP contribution is -2.08. The van der Waals surface area contributed by atoms with Gasteiger partial charge in [-0.2, -0.15) is 0 Å². The van der Waals surface area contributed by atoms with Crippen LogP contribution < -0.4 is 0 Å². The topological polar surface area (TPSA) is 66.7 Å². The van der Waals surface area contributed by atoms with Crippen LogP contribution in [0.15, 0.2) is 67.3 Å². The van der Waals surface area contributed by atoms with Gasteiger partial charge in [-0.15, -0.1) is 0 Å². The fraction of sp³-hybridized carbons (Fsp3) is 0.143. The summed E-state index contributed by atoms with van der Waals surface area (Å²) in [5, 5.41) is 10.3. The molecule has 0 aliphatic heterocycles. The summed E-state index contributed by atoms with van der Waals surface area (Å²) in [6.07, 6.45) is 3.52. The number of hydrogen-bond acceptors (Lipinski definition) is 3. The first-order valence-electron chi connectivity index (χ1n) is 8.57. The van der Waals surface area contributed by atoms with Crippen LogP contribution in [0.4, 0.5) is 0 Å². The molecule has 0 amide bonds. The van der Waals surface area contributed by atoms with Crippen molar-refractivity contribution in [2.45, 2.75) is 19.9 Å². The summed E-state index contributed by atoms with van der Waals surface area (Å²) in [4.78, 5) is 12.4. The monoisotopic (exact) mass is 344 g/mol. The van der Waals surface area contributed by atoms with E-state index in [2.05, 4.69) is 26.4 Å². The molecule has 0 saturated heterocycles. The van der Waals surface area contributed by atoms with Crippen molar-refractivity contribution in [3.05, 3.63) is 78.5 Å². The largest absolute Gasteiger partial charge is 0.508 e. The second-order valence-electron chi connectivity index (χ2n) is 6.33. The van der Waals surface area contributed by atoms with Gasteiger partial charge in [0.2, 0.25) is 0 Å². The number of imidazole rings is 2. The quantitative estimate of drug-likeness (QED) is 0.570. The van der Waals surface area contributed by atoms with Crippen LogP contribution in [-0.4, -0.2) is 24.6 Å². The van der Waals surface area contributed by atoms with Gasteiger partial charge in [0.15, 0.2) is 0 Å². The van der Waals surface area contributed by atoms with Gasteiger partial charge in [0.1, 0.15) is 11.4 Å². The summed E-state index contributed by atoms with van der Waals surface area (Å²) >= 11 is 0. The molecule has 0 bridgehead atoms. The van der Waals surface area contributed by atoms with Crippen molar-refractivity contribution in [3.8, 4) is 28.4 Å². The van der Waals surface area contributed by atoms with Crippen LogP contribution in [0.3, 0.4) is 0 Å².